The van der Waals surface area contributed by atoms with E-state index in [9.17, 15) is 13.6 Å². The van der Waals surface area contributed by atoms with E-state index in [1.165, 1.54) is 6.92 Å². The molecule has 0 bridgehead atoms. The summed E-state index contributed by atoms with van der Waals surface area (Å²) in [7, 11) is 0. The predicted octanol–water partition coefficient (Wildman–Crippen LogP) is 2.51. The van der Waals surface area contributed by atoms with Crippen LogP contribution < -0.4 is 5.32 Å². The Labute approximate surface area is 111 Å². The molecule has 3 nitrogen and oxygen atoms in total. The topological polar surface area (TPSA) is 38.3 Å². The lowest BCUT2D eigenvalue weighted by molar-refractivity contribution is -0.149. The van der Waals surface area contributed by atoms with Crippen LogP contribution in [0.2, 0.25) is 0 Å². The highest BCUT2D eigenvalue weighted by molar-refractivity contribution is 5.66. The monoisotopic (exact) mass is 269 g/mol. The molecular formula is C14H17F2NO2. The first-order chi connectivity index (χ1) is 8.99. The van der Waals surface area contributed by atoms with Gasteiger partial charge in [-0.1, -0.05) is 30.3 Å². The fourth-order valence-electron chi connectivity index (χ4n) is 2.37. The van der Waals surface area contributed by atoms with E-state index in [0.717, 1.165) is 5.56 Å². The van der Waals surface area contributed by atoms with E-state index in [1.807, 2.05) is 30.3 Å². The maximum Gasteiger partial charge on any atom is 0.302 e. The zero-order valence-electron chi connectivity index (χ0n) is 10.7. The van der Waals surface area contributed by atoms with Gasteiger partial charge in [0.2, 0.25) is 0 Å². The molecule has 1 aromatic rings. The molecule has 0 saturated heterocycles. The van der Waals surface area contributed by atoms with Crippen molar-refractivity contribution in [2.45, 2.75) is 44.4 Å². The maximum atomic E-state index is 13.8. The highest BCUT2D eigenvalue weighted by Gasteiger charge is 2.51. The second-order valence-electron chi connectivity index (χ2n) is 4.79. The van der Waals surface area contributed by atoms with Gasteiger partial charge in [0.15, 0.2) is 0 Å². The summed E-state index contributed by atoms with van der Waals surface area (Å²) in [5, 5.41) is 2.82. The van der Waals surface area contributed by atoms with Gasteiger partial charge in [-0.05, 0) is 12.0 Å². The Bertz CT molecular complexity index is 436. The number of hydrogen-bond acceptors (Lipinski definition) is 3. The molecule has 1 N–H and O–H groups in total. The van der Waals surface area contributed by atoms with Gasteiger partial charge in [-0.15, -0.1) is 0 Å². The molecule has 0 aromatic heterocycles. The van der Waals surface area contributed by atoms with Crippen molar-refractivity contribution < 1.29 is 18.3 Å². The van der Waals surface area contributed by atoms with E-state index in [1.54, 1.807) is 0 Å². The molecule has 0 unspecified atom stereocenters. The molecular weight excluding hydrogens is 252 g/mol. The summed E-state index contributed by atoms with van der Waals surface area (Å²) in [6.45, 7) is 1.57. The molecule has 5 heteroatoms. The maximum absolute atomic E-state index is 13.8. The van der Waals surface area contributed by atoms with Crippen LogP contribution in [0.5, 0.6) is 0 Å². The molecule has 0 radical (unpaired) electrons. The van der Waals surface area contributed by atoms with Crippen LogP contribution in [-0.4, -0.2) is 24.0 Å². The van der Waals surface area contributed by atoms with Crippen LogP contribution in [0, 0.1) is 0 Å². The van der Waals surface area contributed by atoms with Gasteiger partial charge in [-0.25, -0.2) is 8.78 Å². The van der Waals surface area contributed by atoms with Crippen molar-refractivity contribution >= 4 is 5.97 Å². The van der Waals surface area contributed by atoms with E-state index in [4.69, 9.17) is 4.74 Å². The Morgan fingerprint density at radius 3 is 2.74 bits per heavy atom. The molecule has 1 fully saturated rings. The van der Waals surface area contributed by atoms with Crippen LogP contribution >= 0.6 is 0 Å². The van der Waals surface area contributed by atoms with E-state index < -0.39 is 24.0 Å². The minimum absolute atomic E-state index is 0.193. The first-order valence-electron chi connectivity index (χ1n) is 6.31. The Kier molecular flexibility index (Phi) is 4.14. The minimum atomic E-state index is -2.84. The zero-order valence-corrected chi connectivity index (χ0v) is 10.7. The number of carbonyl (C=O) groups excluding carboxylic acids is 1. The van der Waals surface area contributed by atoms with Gasteiger partial charge in [0.25, 0.3) is 5.92 Å². The van der Waals surface area contributed by atoms with Gasteiger partial charge in [-0.3, -0.25) is 4.79 Å². The number of nitrogens with one attached hydrogen (secondary N) is 1. The summed E-state index contributed by atoms with van der Waals surface area (Å²) in [6.07, 6.45) is -0.813. The van der Waals surface area contributed by atoms with Crippen molar-refractivity contribution in [3.8, 4) is 0 Å². The number of rotatable bonds is 4. The second-order valence-corrected chi connectivity index (χ2v) is 4.79. The molecule has 1 aliphatic rings. The number of carbonyl (C=O) groups is 1. The van der Waals surface area contributed by atoms with Gasteiger partial charge >= 0.3 is 5.97 Å². The van der Waals surface area contributed by atoms with Crippen molar-refractivity contribution in [1.82, 2.24) is 5.32 Å². The number of alkyl halides is 2. The highest BCUT2D eigenvalue weighted by atomic mass is 19.3. The largest absolute Gasteiger partial charge is 0.461 e. The quantitative estimate of drug-likeness (QED) is 0.853. The molecule has 0 spiro atoms. The summed E-state index contributed by atoms with van der Waals surface area (Å²) < 4.78 is 32.5. The SMILES string of the molecule is CC(=O)O[C@@H]1CCC(F)(F)[C@H]1NCc1ccccc1. The smallest absolute Gasteiger partial charge is 0.302 e. The van der Waals surface area contributed by atoms with Crippen molar-refractivity contribution in [1.29, 1.82) is 0 Å². The lowest BCUT2D eigenvalue weighted by Crippen LogP contribution is -2.47. The standard InChI is InChI=1S/C14H17F2NO2/c1-10(18)19-12-7-8-14(15,16)13(12)17-9-11-5-3-2-4-6-11/h2-6,12-13,17H,7-9H2,1H3/t12-,13+/m1/s1. The number of hydrogen-bond donors (Lipinski definition) is 1. The van der Waals surface area contributed by atoms with Crippen LogP contribution in [0.1, 0.15) is 25.3 Å². The lowest BCUT2D eigenvalue weighted by Gasteiger charge is -2.25. The zero-order chi connectivity index (χ0) is 13.9. The van der Waals surface area contributed by atoms with Gasteiger partial charge in [-0.2, -0.15) is 0 Å². The lowest BCUT2D eigenvalue weighted by atomic mass is 10.1. The highest BCUT2D eigenvalue weighted by Crippen LogP contribution is 2.37. The summed E-state index contributed by atoms with van der Waals surface area (Å²) in [5.41, 5.74) is 0.923. The van der Waals surface area contributed by atoms with Crippen LogP contribution in [0.4, 0.5) is 8.78 Å². The average molecular weight is 269 g/mol. The summed E-state index contributed by atoms with van der Waals surface area (Å²) in [4.78, 5) is 10.9. The van der Waals surface area contributed by atoms with E-state index in [0.29, 0.717) is 6.54 Å². The van der Waals surface area contributed by atoms with Crippen LogP contribution in [0.15, 0.2) is 30.3 Å². The first-order valence-corrected chi connectivity index (χ1v) is 6.31. The molecule has 0 amide bonds. The number of benzene rings is 1. The normalized spacial score (nSPS) is 25.2. The fraction of sp³-hybridized carbons (Fsp3) is 0.500. The molecule has 104 valence electrons. The molecule has 19 heavy (non-hydrogen) atoms. The van der Waals surface area contributed by atoms with E-state index in [2.05, 4.69) is 5.32 Å². The Balaban J connectivity index is 2.00. The van der Waals surface area contributed by atoms with Crippen LogP contribution in [0.3, 0.4) is 0 Å². The summed E-state index contributed by atoms with van der Waals surface area (Å²) in [5.74, 6) is -3.36. The fourth-order valence-corrected chi connectivity index (χ4v) is 2.37. The molecule has 1 aromatic carbocycles. The van der Waals surface area contributed by atoms with Crippen molar-refractivity contribution in [3.63, 3.8) is 0 Å². The molecule has 1 aliphatic carbocycles. The molecule has 2 atom stereocenters. The number of ether oxygens (including phenoxy) is 1. The van der Waals surface area contributed by atoms with Crippen LogP contribution in [0.25, 0.3) is 0 Å². The van der Waals surface area contributed by atoms with E-state index >= 15 is 0 Å². The molecule has 0 heterocycles. The third-order valence-electron chi connectivity index (χ3n) is 3.28. The third kappa shape index (κ3) is 3.50. The van der Waals surface area contributed by atoms with Gasteiger partial charge in [0.05, 0.1) is 0 Å². The number of esters is 1. The predicted molar refractivity (Wildman–Crippen MR) is 66.8 cm³/mol. The number of halogens is 2. The van der Waals surface area contributed by atoms with Gasteiger partial charge in [0, 0.05) is 19.9 Å². The molecule has 2 rings (SSSR count). The van der Waals surface area contributed by atoms with Gasteiger partial charge < -0.3 is 10.1 Å². The average Bonchev–Trinajstić information content (AvgIpc) is 2.63. The molecule has 0 aliphatic heterocycles. The Hall–Kier alpha value is -1.49. The first kappa shape index (κ1) is 13.9. The summed E-state index contributed by atoms with van der Waals surface area (Å²) in [6, 6.07) is 8.19. The Morgan fingerprint density at radius 2 is 2.11 bits per heavy atom. The molecule has 1 saturated carbocycles. The second kappa shape index (κ2) is 5.65. The van der Waals surface area contributed by atoms with Crippen molar-refractivity contribution in [2.24, 2.45) is 0 Å². The van der Waals surface area contributed by atoms with Gasteiger partial charge in [0.1, 0.15) is 12.1 Å². The van der Waals surface area contributed by atoms with Crippen LogP contribution in [-0.2, 0) is 16.1 Å². The third-order valence-corrected chi connectivity index (χ3v) is 3.28. The van der Waals surface area contributed by atoms with Crippen molar-refractivity contribution in [2.75, 3.05) is 0 Å². The Morgan fingerprint density at radius 1 is 1.42 bits per heavy atom. The van der Waals surface area contributed by atoms with E-state index in [-0.39, 0.29) is 12.8 Å². The summed E-state index contributed by atoms with van der Waals surface area (Å²) >= 11 is 0. The minimum Gasteiger partial charge on any atom is -0.461 e. The van der Waals surface area contributed by atoms with Crippen molar-refractivity contribution in [3.05, 3.63) is 35.9 Å².